The highest BCUT2D eigenvalue weighted by atomic mass is 79.9. The fourth-order valence-corrected chi connectivity index (χ4v) is 28.2. The number of hydrogen-bond acceptors (Lipinski definition) is 11. The molecule has 12 atom stereocenters. The largest absolute Gasteiger partial charge is 0.488 e. The van der Waals surface area contributed by atoms with Crippen molar-refractivity contribution in [3.8, 4) is 79.3 Å². The van der Waals surface area contributed by atoms with E-state index in [2.05, 4.69) is 109 Å². The highest BCUT2D eigenvalue weighted by molar-refractivity contribution is 9.10. The molecule has 11 aromatic rings. The van der Waals surface area contributed by atoms with Crippen LogP contribution in [0.4, 0.5) is 0 Å². The molecule has 8 bridgehead atoms. The van der Waals surface area contributed by atoms with Crippen LogP contribution in [0.25, 0.3) is 62.1 Å². The molecule has 12 unspecified atom stereocenters. The van der Waals surface area contributed by atoms with E-state index in [4.69, 9.17) is 139 Å². The first-order chi connectivity index (χ1) is 66.1. The maximum atomic E-state index is 13.5. The van der Waals surface area contributed by atoms with Crippen molar-refractivity contribution in [2.24, 2.45) is 92.7 Å². The van der Waals surface area contributed by atoms with Gasteiger partial charge < -0.3 is 35.5 Å². The maximum Gasteiger partial charge on any atom is 0.272 e. The summed E-state index contributed by atoms with van der Waals surface area (Å²) in [5.41, 5.74) is 18.2. The summed E-state index contributed by atoms with van der Waals surface area (Å²) in [4.78, 5) is 53.8. The van der Waals surface area contributed by atoms with E-state index in [1.54, 1.807) is 62.6 Å². The minimum atomic E-state index is -0.189. The lowest BCUT2D eigenvalue weighted by Gasteiger charge is -2.60. The molecule has 724 valence electrons. The number of carbonyl (C=O) groups is 4. The van der Waals surface area contributed by atoms with Gasteiger partial charge in [0.05, 0.1) is 54.9 Å². The zero-order valence-corrected chi connectivity index (χ0v) is 87.5. The number of fused-ring (bicyclic) bond motifs is 20. The van der Waals surface area contributed by atoms with E-state index in [0.717, 1.165) is 163 Å². The Morgan fingerprint density at radius 2 is 0.717 bits per heavy atom. The van der Waals surface area contributed by atoms with Crippen molar-refractivity contribution in [2.75, 3.05) is 32.1 Å². The summed E-state index contributed by atoms with van der Waals surface area (Å²) >= 11 is 60.0. The number of rotatable bonds is 20. The predicted octanol–water partition coefficient (Wildman–Crippen LogP) is 27.9. The SMILES string of the molecule is CC1(C)C2CCC(CNC(=O)c3nn(-c4ccc(Cl)cc4Cl)c4c3COc3cc(Br)ccc3-4)C1C2.CC1(C)C2CCC(CNC(=O)c3nn(-c4ccc(Cl)cc4Cl)c4c3COc3cc(Cl)ccc3-4)C1C2.CC1(C)C2CCC(CNC(=O)c3nn(CCCCCCl)c4c3CCc3cc(Cl)ccc3-4)C1C2.Cc1ccc2c(c1)OCc1c(C(=O)NCC3CCC4CC3C4(C)C)nn(-c3ccc(Cl)cc3Cl)c1-2. The van der Waals surface area contributed by atoms with Crippen LogP contribution in [0.3, 0.4) is 0 Å². The third-order valence-corrected chi connectivity index (χ3v) is 37.1. The molecule has 138 heavy (non-hydrogen) atoms. The molecule has 4 N–H and O–H groups in total. The molecular weight excluding hydrogens is 1990 g/mol. The Morgan fingerprint density at radius 3 is 1.09 bits per heavy atom. The van der Waals surface area contributed by atoms with E-state index in [1.165, 1.54) is 88.2 Å². The van der Waals surface area contributed by atoms with Gasteiger partial charge in [-0.1, -0.05) is 183 Å². The van der Waals surface area contributed by atoms with Crippen LogP contribution in [0.1, 0.15) is 227 Å². The van der Waals surface area contributed by atoms with Gasteiger partial charge in [-0.2, -0.15) is 20.4 Å². The Labute approximate surface area is 860 Å². The summed E-state index contributed by atoms with van der Waals surface area (Å²) in [5.74, 6) is 10.6. The Balaban J connectivity index is 0.000000113. The summed E-state index contributed by atoms with van der Waals surface area (Å²) in [7, 11) is 0. The highest BCUT2D eigenvalue weighted by Gasteiger charge is 2.58. The number of benzene rings is 7. The normalized spacial score (nSPS) is 23.8. The van der Waals surface area contributed by atoms with Crippen molar-refractivity contribution in [2.45, 2.75) is 198 Å². The number of carbonyl (C=O) groups excluding carboxylic acids is 4. The Morgan fingerprint density at radius 1 is 0.377 bits per heavy atom. The minimum Gasteiger partial charge on any atom is -0.488 e. The van der Waals surface area contributed by atoms with Crippen molar-refractivity contribution >= 4 is 144 Å². The molecule has 4 amide bonds. The van der Waals surface area contributed by atoms with Gasteiger partial charge in [-0.25, -0.2) is 14.0 Å². The van der Waals surface area contributed by atoms with Crippen LogP contribution >= 0.6 is 120 Å². The molecule has 3 aliphatic heterocycles. The van der Waals surface area contributed by atoms with Gasteiger partial charge in [0.25, 0.3) is 23.6 Å². The van der Waals surface area contributed by atoms with Gasteiger partial charge in [0.15, 0.2) is 22.8 Å². The molecular formula is C109H116BrCl9N12O7. The quantitative estimate of drug-likeness (QED) is 0.0416. The van der Waals surface area contributed by atoms with Gasteiger partial charge in [0.1, 0.15) is 37.1 Å². The minimum absolute atomic E-state index is 0.0116. The predicted molar refractivity (Wildman–Crippen MR) is 554 cm³/mol. The Kier molecular flexibility index (Phi) is 27.3. The Bertz CT molecular complexity index is 6160. The third-order valence-electron chi connectivity index (χ3n) is 34.3. The number of hydrogen-bond donors (Lipinski definition) is 4. The molecule has 0 spiro atoms. The first-order valence-electron chi connectivity index (χ1n) is 49.0. The van der Waals surface area contributed by atoms with Crippen LogP contribution in [-0.2, 0) is 39.2 Å². The van der Waals surface area contributed by atoms with Gasteiger partial charge in [-0.15, -0.1) is 11.6 Å². The second-order valence-corrected chi connectivity index (χ2v) is 47.5. The average Bonchev–Trinajstić information content (AvgIpc) is 1.16. The molecule has 4 aromatic heterocycles. The maximum absolute atomic E-state index is 13.5. The van der Waals surface area contributed by atoms with Crippen LogP contribution < -0.4 is 35.5 Å². The van der Waals surface area contributed by atoms with Gasteiger partial charge in [0, 0.05) is 113 Å². The topological polar surface area (TPSA) is 215 Å². The van der Waals surface area contributed by atoms with E-state index < -0.39 is 0 Å². The lowest BCUT2D eigenvalue weighted by molar-refractivity contribution is -0.103. The highest BCUT2D eigenvalue weighted by Crippen LogP contribution is 2.65. The van der Waals surface area contributed by atoms with E-state index in [1.807, 2.05) is 73.7 Å². The number of nitrogens with zero attached hydrogens (tertiary/aromatic N) is 8. The van der Waals surface area contributed by atoms with Crippen LogP contribution in [0.15, 0.2) is 132 Å². The molecule has 7 aromatic carbocycles. The van der Waals surface area contributed by atoms with Crippen molar-refractivity contribution in [3.63, 3.8) is 0 Å². The molecule has 0 radical (unpaired) electrons. The number of halogens is 10. The smallest absolute Gasteiger partial charge is 0.272 e. The summed E-state index contributed by atoms with van der Waals surface area (Å²) in [6.07, 6.45) is 19.8. The molecule has 13 aliphatic carbocycles. The van der Waals surface area contributed by atoms with Crippen LogP contribution in [-0.4, -0.2) is 94.8 Å². The number of unbranched alkanes of at least 4 members (excludes halogenated alkanes) is 2. The molecule has 29 heteroatoms. The number of ether oxygens (including phenoxy) is 3. The summed E-state index contributed by atoms with van der Waals surface area (Å²) in [6.45, 7) is 25.4. The van der Waals surface area contributed by atoms with Crippen LogP contribution in [0.5, 0.6) is 17.2 Å². The lowest BCUT2D eigenvalue weighted by Crippen LogP contribution is -2.54. The number of amides is 4. The number of aryl methyl sites for hydroxylation is 3. The van der Waals surface area contributed by atoms with Gasteiger partial charge >= 0.3 is 0 Å². The first kappa shape index (κ1) is 97.2. The number of nitrogens with one attached hydrogen (secondary N) is 4. The number of alkyl halides is 1. The monoisotopic (exact) mass is 2100 g/mol. The fraction of sp³-hybridized carbons (Fsp3) is 0.468. The second kappa shape index (κ2) is 38.8. The molecule has 0 saturated heterocycles. The van der Waals surface area contributed by atoms with Crippen molar-refractivity contribution < 1.29 is 33.4 Å². The van der Waals surface area contributed by atoms with E-state index in [-0.39, 0.29) is 43.4 Å². The molecule has 16 aliphatic rings. The zero-order valence-electron chi connectivity index (χ0n) is 79.2. The average molecular weight is 2110 g/mol. The van der Waals surface area contributed by atoms with Gasteiger partial charge in [0.2, 0.25) is 0 Å². The lowest BCUT2D eigenvalue weighted by atomic mass is 9.45. The summed E-state index contributed by atoms with van der Waals surface area (Å²) < 4.78 is 26.3. The molecule has 7 heterocycles. The summed E-state index contributed by atoms with van der Waals surface area (Å²) in [5, 5.41) is 36.4. The third kappa shape index (κ3) is 18.1. The van der Waals surface area contributed by atoms with Crippen LogP contribution in [0.2, 0.25) is 40.2 Å². The fourth-order valence-electron chi connectivity index (χ4n) is 25.9. The van der Waals surface area contributed by atoms with Crippen LogP contribution in [0, 0.1) is 99.6 Å². The van der Waals surface area contributed by atoms with E-state index in [0.29, 0.717) is 169 Å². The Hall–Kier alpha value is -8.25. The van der Waals surface area contributed by atoms with E-state index >= 15 is 0 Å². The second-order valence-electron chi connectivity index (χ2n) is 42.8. The van der Waals surface area contributed by atoms with E-state index in [9.17, 15) is 19.2 Å². The molecule has 27 rings (SSSR count). The van der Waals surface area contributed by atoms with Gasteiger partial charge in [-0.05, 0) is 329 Å². The molecule has 19 nitrogen and oxygen atoms in total. The zero-order chi connectivity index (χ0) is 96.6. The molecule has 12 fully saturated rings. The van der Waals surface area contributed by atoms with Crippen molar-refractivity contribution in [1.82, 2.24) is 60.4 Å². The standard InChI is InChI=1S/C28H29Cl2N3O2.C27H26BrCl2N3O2.C27H26Cl3N3O2.C27H35Cl2N3O/c1-15-4-8-19-24(10-15)35-14-20-25(32-33(26(19)20)23-9-7-18(29)12-22(23)30)27(34)31-13-16-5-6-17-11-21(16)28(17,2)3;1-27(2)15-4-3-14(20(27)9-15)12-31-26(34)24-19-13-35-23-10-16(28)5-7-18(23)25(19)33(32-24)22-8-6-17(29)11-21(22)30;1-27(2)15-4-3-14(20(27)9-15)12-31-26(34)24-19-13-35-23-11-17(29)5-7-18(23)25(19)33(32-24)22-8-6-16(28)10-21(22)30;1-27(2)19-8-6-18(23(27)15-19)16-30-26(33)24-22-10-7-17-14-20(29)9-11-21(17)25(22)32(31-24)13-5-3-4-12-28/h4,7-10,12,16-17,21H,5-6,11,13-14H2,1-3H3,(H,31,34);2*5-8,10-11,14-15,20H,3-4,9,12-13H2,1-2H3,(H,31,34);9,11,14,18-19,23H,3-8,10,12-13,15-16H2,1-2H3,(H,30,33). The molecule has 12 saturated carbocycles. The van der Waals surface area contributed by atoms with Gasteiger partial charge in [-0.3, -0.25) is 23.9 Å². The first-order valence-corrected chi connectivity index (χ1v) is 53.3. The van der Waals surface area contributed by atoms with Crippen molar-refractivity contribution in [1.29, 1.82) is 0 Å². The van der Waals surface area contributed by atoms with Crippen molar-refractivity contribution in [3.05, 3.63) is 228 Å². The number of aromatic nitrogens is 8. The summed E-state index contributed by atoms with van der Waals surface area (Å²) in [6, 6.07) is 39.3.